The number of ether oxygens (including phenoxy) is 3. The molecule has 0 amide bonds. The van der Waals surface area contributed by atoms with Crippen LogP contribution < -0.4 is 19.5 Å². The van der Waals surface area contributed by atoms with Crippen molar-refractivity contribution in [3.63, 3.8) is 0 Å². The molecule has 0 fully saturated rings. The number of hydrogen-bond acceptors (Lipinski definition) is 5. The lowest BCUT2D eigenvalue weighted by atomic mass is 10.1. The van der Waals surface area contributed by atoms with Gasteiger partial charge >= 0.3 is 0 Å². The van der Waals surface area contributed by atoms with Gasteiger partial charge in [-0.1, -0.05) is 6.07 Å². The smallest absolute Gasteiger partial charge is 0.203 e. The van der Waals surface area contributed by atoms with E-state index in [0.29, 0.717) is 31.3 Å². The molecule has 1 N–H and O–H groups in total. The van der Waals surface area contributed by atoms with Gasteiger partial charge in [-0.15, -0.1) is 0 Å². The van der Waals surface area contributed by atoms with Gasteiger partial charge in [-0.3, -0.25) is 4.98 Å². The first kappa shape index (κ1) is 14.7. The Morgan fingerprint density at radius 3 is 2.91 bits per heavy atom. The zero-order valence-electron chi connectivity index (χ0n) is 12.8. The zero-order valence-corrected chi connectivity index (χ0v) is 12.8. The second-order valence-corrected chi connectivity index (χ2v) is 5.18. The Hall–Kier alpha value is -2.27. The number of nitrogens with one attached hydrogen (secondary N) is 1. The van der Waals surface area contributed by atoms with E-state index in [-0.39, 0.29) is 6.04 Å². The predicted octanol–water partition coefficient (Wildman–Crippen LogP) is 2.71. The largest absolute Gasteiger partial charge is 0.493 e. The van der Waals surface area contributed by atoms with E-state index < -0.39 is 0 Å². The molecule has 2 aromatic rings. The number of aromatic nitrogens is 1. The third-order valence-corrected chi connectivity index (χ3v) is 3.63. The van der Waals surface area contributed by atoms with Crippen LogP contribution in [0.5, 0.6) is 17.2 Å². The Bertz CT molecular complexity index is 614. The lowest BCUT2D eigenvalue weighted by Crippen LogP contribution is -2.20. The average Bonchev–Trinajstić information content (AvgIpc) is 2.59. The fraction of sp³-hybridized carbons (Fsp3) is 0.353. The first-order valence-electron chi connectivity index (χ1n) is 7.38. The molecule has 0 spiro atoms. The molecule has 5 heteroatoms. The summed E-state index contributed by atoms with van der Waals surface area (Å²) in [7, 11) is 1.64. The van der Waals surface area contributed by atoms with Crippen molar-refractivity contribution in [3.8, 4) is 17.2 Å². The van der Waals surface area contributed by atoms with Gasteiger partial charge in [-0.05, 0) is 36.8 Å². The Balaban J connectivity index is 1.73. The summed E-state index contributed by atoms with van der Waals surface area (Å²) in [6.07, 6.45) is 1.81. The van der Waals surface area contributed by atoms with Crippen molar-refractivity contribution in [1.29, 1.82) is 0 Å². The Morgan fingerprint density at radius 1 is 1.27 bits per heavy atom. The third-order valence-electron chi connectivity index (χ3n) is 3.63. The number of hydrogen-bond donors (Lipinski definition) is 1. The van der Waals surface area contributed by atoms with Gasteiger partial charge in [0.25, 0.3) is 0 Å². The van der Waals surface area contributed by atoms with Crippen molar-refractivity contribution >= 4 is 0 Å². The SMILES string of the molecule is COc1cc(CN[C@H](C)c2ccccn2)cc2c1OCCO2. The molecule has 1 aliphatic heterocycles. The topological polar surface area (TPSA) is 52.6 Å². The summed E-state index contributed by atoms with van der Waals surface area (Å²) in [5.41, 5.74) is 2.11. The normalized spacial score (nSPS) is 14.5. The van der Waals surface area contributed by atoms with Crippen LogP contribution in [0.15, 0.2) is 36.5 Å². The number of nitrogens with zero attached hydrogens (tertiary/aromatic N) is 1. The summed E-state index contributed by atoms with van der Waals surface area (Å²) in [6, 6.07) is 10.1. The summed E-state index contributed by atoms with van der Waals surface area (Å²) in [6.45, 7) is 3.91. The van der Waals surface area contributed by atoms with Gasteiger partial charge in [-0.2, -0.15) is 0 Å². The van der Waals surface area contributed by atoms with Gasteiger partial charge in [0.05, 0.1) is 12.8 Å². The molecule has 2 heterocycles. The van der Waals surface area contributed by atoms with E-state index in [1.165, 1.54) is 0 Å². The maximum atomic E-state index is 5.65. The van der Waals surface area contributed by atoms with Gasteiger partial charge in [0.15, 0.2) is 11.5 Å². The number of methoxy groups -OCH3 is 1. The molecule has 3 rings (SSSR count). The van der Waals surface area contributed by atoms with Gasteiger partial charge in [0.1, 0.15) is 13.2 Å². The fourth-order valence-electron chi connectivity index (χ4n) is 2.44. The highest BCUT2D eigenvalue weighted by molar-refractivity contribution is 5.54. The summed E-state index contributed by atoms with van der Waals surface area (Å²) in [4.78, 5) is 4.36. The van der Waals surface area contributed by atoms with Crippen molar-refractivity contribution < 1.29 is 14.2 Å². The molecular formula is C17H20N2O3. The van der Waals surface area contributed by atoms with Crippen LogP contribution >= 0.6 is 0 Å². The first-order valence-corrected chi connectivity index (χ1v) is 7.38. The highest BCUT2D eigenvalue weighted by Gasteiger charge is 2.18. The molecule has 0 unspecified atom stereocenters. The second kappa shape index (κ2) is 6.66. The average molecular weight is 300 g/mol. The summed E-state index contributed by atoms with van der Waals surface area (Å²) in [5.74, 6) is 2.14. The molecule has 5 nitrogen and oxygen atoms in total. The standard InChI is InChI=1S/C17H20N2O3/c1-12(14-5-3-4-6-18-14)19-11-13-9-15(20-2)17-16(10-13)21-7-8-22-17/h3-6,9-10,12,19H,7-8,11H2,1-2H3/t12-/m1/s1. The lowest BCUT2D eigenvalue weighted by Gasteiger charge is -2.22. The van der Waals surface area contributed by atoms with Crippen molar-refractivity contribution in [3.05, 3.63) is 47.8 Å². The van der Waals surface area contributed by atoms with E-state index in [0.717, 1.165) is 17.0 Å². The van der Waals surface area contributed by atoms with Gasteiger partial charge in [0.2, 0.25) is 5.75 Å². The van der Waals surface area contributed by atoms with Crippen LogP contribution in [0.2, 0.25) is 0 Å². The Morgan fingerprint density at radius 2 is 2.14 bits per heavy atom. The summed E-state index contributed by atoms with van der Waals surface area (Å²) >= 11 is 0. The molecule has 0 saturated carbocycles. The van der Waals surface area contributed by atoms with Crippen LogP contribution in [-0.2, 0) is 6.54 Å². The van der Waals surface area contributed by atoms with Crippen LogP contribution in [0.25, 0.3) is 0 Å². The van der Waals surface area contributed by atoms with Crippen molar-refractivity contribution in [1.82, 2.24) is 10.3 Å². The highest BCUT2D eigenvalue weighted by atomic mass is 16.6. The fourth-order valence-corrected chi connectivity index (χ4v) is 2.44. The minimum atomic E-state index is 0.167. The molecule has 1 aliphatic rings. The van der Waals surface area contributed by atoms with E-state index in [2.05, 4.69) is 17.2 Å². The minimum absolute atomic E-state index is 0.167. The van der Waals surface area contributed by atoms with Crippen molar-refractivity contribution in [2.45, 2.75) is 19.5 Å². The third kappa shape index (κ3) is 3.14. The number of fused-ring (bicyclic) bond motifs is 1. The molecule has 22 heavy (non-hydrogen) atoms. The molecule has 1 aromatic heterocycles. The number of benzene rings is 1. The predicted molar refractivity (Wildman–Crippen MR) is 83.5 cm³/mol. The molecule has 0 radical (unpaired) electrons. The van der Waals surface area contributed by atoms with E-state index in [4.69, 9.17) is 14.2 Å². The maximum Gasteiger partial charge on any atom is 0.203 e. The summed E-state index contributed by atoms with van der Waals surface area (Å²) in [5, 5.41) is 3.46. The van der Waals surface area contributed by atoms with Crippen LogP contribution in [0.1, 0.15) is 24.2 Å². The molecule has 0 aliphatic carbocycles. The van der Waals surface area contributed by atoms with E-state index in [9.17, 15) is 0 Å². The summed E-state index contributed by atoms with van der Waals surface area (Å²) < 4.78 is 16.7. The monoisotopic (exact) mass is 300 g/mol. The van der Waals surface area contributed by atoms with Crippen LogP contribution in [-0.4, -0.2) is 25.3 Å². The number of rotatable bonds is 5. The van der Waals surface area contributed by atoms with E-state index in [1.807, 2.05) is 30.3 Å². The molecule has 0 bridgehead atoms. The van der Waals surface area contributed by atoms with Crippen LogP contribution in [0, 0.1) is 0 Å². The maximum absolute atomic E-state index is 5.65. The van der Waals surface area contributed by atoms with E-state index >= 15 is 0 Å². The number of pyridine rings is 1. The molecule has 0 saturated heterocycles. The first-order chi connectivity index (χ1) is 10.8. The molecule has 1 atom stereocenters. The van der Waals surface area contributed by atoms with Gasteiger partial charge < -0.3 is 19.5 Å². The van der Waals surface area contributed by atoms with Crippen LogP contribution in [0.4, 0.5) is 0 Å². The van der Waals surface area contributed by atoms with Crippen molar-refractivity contribution in [2.24, 2.45) is 0 Å². The zero-order chi connectivity index (χ0) is 15.4. The highest BCUT2D eigenvalue weighted by Crippen LogP contribution is 2.40. The lowest BCUT2D eigenvalue weighted by molar-refractivity contribution is 0.165. The molecule has 1 aromatic carbocycles. The van der Waals surface area contributed by atoms with E-state index in [1.54, 1.807) is 13.3 Å². The molecular weight excluding hydrogens is 280 g/mol. The van der Waals surface area contributed by atoms with Gasteiger partial charge in [-0.25, -0.2) is 0 Å². The minimum Gasteiger partial charge on any atom is -0.493 e. The second-order valence-electron chi connectivity index (χ2n) is 5.18. The molecule has 116 valence electrons. The van der Waals surface area contributed by atoms with Gasteiger partial charge in [0, 0.05) is 18.8 Å². The Kier molecular flexibility index (Phi) is 4.44. The Labute approximate surface area is 130 Å². The van der Waals surface area contributed by atoms with Crippen LogP contribution in [0.3, 0.4) is 0 Å². The quantitative estimate of drug-likeness (QED) is 0.920. The van der Waals surface area contributed by atoms with Crippen molar-refractivity contribution in [2.75, 3.05) is 20.3 Å².